The average molecular weight is 898 g/mol. The maximum atomic E-state index is 2.78. The third-order valence-corrected chi connectivity index (χ3v) is 16.4. The molecular formula is C65H64BN3. The summed E-state index contributed by atoms with van der Waals surface area (Å²) in [5, 5.41) is 0. The number of aryl methyl sites for hydroxylation is 2. The van der Waals surface area contributed by atoms with Gasteiger partial charge in [-0.2, -0.15) is 0 Å². The second-order valence-electron chi connectivity index (χ2n) is 22.8. The number of hydrogen-bond donors (Lipinski definition) is 0. The van der Waals surface area contributed by atoms with Crippen LogP contribution < -0.4 is 31.1 Å². The Labute approximate surface area is 411 Å². The summed E-state index contributed by atoms with van der Waals surface area (Å²) < 4.78 is 0. The molecule has 0 aromatic heterocycles. The Morgan fingerprint density at radius 2 is 0.913 bits per heavy atom. The summed E-state index contributed by atoms with van der Waals surface area (Å²) >= 11 is 0. The number of nitrogens with zero attached hydrogens (tertiary/aromatic N) is 3. The van der Waals surface area contributed by atoms with E-state index in [9.17, 15) is 0 Å². The highest BCUT2D eigenvalue weighted by Crippen LogP contribution is 2.59. The fourth-order valence-electron chi connectivity index (χ4n) is 12.9. The van der Waals surface area contributed by atoms with Gasteiger partial charge in [0.15, 0.2) is 0 Å². The van der Waals surface area contributed by atoms with E-state index >= 15 is 0 Å². The fourth-order valence-corrected chi connectivity index (χ4v) is 12.9. The standard InChI is InChI=1S/C65H64BN3/c1-42-22-10-12-24-47(42)49-26-14-17-30-55(49)67-58-35-33-44(63(3,4)5)38-53(58)66-54-39-45(64(6,7)8)34-36-59(54)68(56-31-18-15-27-50(56)48-25-13-11-23-43(48)2)61-41-46(40-60(67)62(61)66)69-57-32-19-16-28-51(57)52-29-20-21-37-65(52,69)9/h10-19,22-28,30-36,38-41,52H,20-21,29,37H2,1-9H3. The Kier molecular flexibility index (Phi) is 10.0. The van der Waals surface area contributed by atoms with Gasteiger partial charge in [0.2, 0.25) is 0 Å². The Bertz CT molecular complexity index is 3170. The maximum Gasteiger partial charge on any atom is 0.252 e. The first kappa shape index (κ1) is 43.5. The van der Waals surface area contributed by atoms with Crippen LogP contribution in [0.15, 0.2) is 170 Å². The van der Waals surface area contributed by atoms with E-state index in [4.69, 9.17) is 0 Å². The molecule has 8 aromatic rings. The van der Waals surface area contributed by atoms with Crippen LogP contribution in [0.2, 0.25) is 0 Å². The molecule has 4 aliphatic rings. The van der Waals surface area contributed by atoms with Crippen molar-refractivity contribution in [1.29, 1.82) is 0 Å². The van der Waals surface area contributed by atoms with E-state index in [0.29, 0.717) is 5.92 Å². The van der Waals surface area contributed by atoms with Crippen molar-refractivity contribution in [1.82, 2.24) is 0 Å². The van der Waals surface area contributed by atoms with Crippen LogP contribution in [-0.4, -0.2) is 12.3 Å². The van der Waals surface area contributed by atoms with E-state index < -0.39 is 0 Å². The first-order valence-corrected chi connectivity index (χ1v) is 25.5. The van der Waals surface area contributed by atoms with Gasteiger partial charge in [-0.3, -0.25) is 0 Å². The zero-order valence-electron chi connectivity index (χ0n) is 42.0. The number of benzene rings is 8. The van der Waals surface area contributed by atoms with Crippen molar-refractivity contribution < 1.29 is 0 Å². The minimum atomic E-state index is -0.0710. The highest BCUT2D eigenvalue weighted by Gasteiger charge is 2.51. The van der Waals surface area contributed by atoms with Crippen LogP contribution in [0.3, 0.4) is 0 Å². The Morgan fingerprint density at radius 1 is 0.464 bits per heavy atom. The van der Waals surface area contributed by atoms with Crippen molar-refractivity contribution in [3.63, 3.8) is 0 Å². The van der Waals surface area contributed by atoms with Gasteiger partial charge < -0.3 is 14.7 Å². The molecule has 2 unspecified atom stereocenters. The average Bonchev–Trinajstić information content (AvgIpc) is 3.61. The monoisotopic (exact) mass is 898 g/mol. The van der Waals surface area contributed by atoms with Crippen LogP contribution in [0.4, 0.5) is 45.5 Å². The van der Waals surface area contributed by atoms with Crippen molar-refractivity contribution in [2.24, 2.45) is 0 Å². The van der Waals surface area contributed by atoms with Gasteiger partial charge in [-0.05, 0) is 142 Å². The lowest BCUT2D eigenvalue weighted by atomic mass is 9.33. The van der Waals surface area contributed by atoms with Crippen LogP contribution in [-0.2, 0) is 10.8 Å². The summed E-state index contributed by atoms with van der Waals surface area (Å²) in [6, 6.07) is 65.5. The third kappa shape index (κ3) is 6.76. The summed E-state index contributed by atoms with van der Waals surface area (Å²) in [5.74, 6) is 0.464. The predicted octanol–water partition coefficient (Wildman–Crippen LogP) is 15.9. The highest BCUT2D eigenvalue weighted by molar-refractivity contribution is 7.00. The summed E-state index contributed by atoms with van der Waals surface area (Å²) in [4.78, 5) is 8.11. The Hall–Kier alpha value is -6.78. The molecule has 0 radical (unpaired) electrons. The number of fused-ring (bicyclic) bond motifs is 7. The lowest BCUT2D eigenvalue weighted by Gasteiger charge is -2.48. The molecule has 0 amide bonds. The zero-order chi connectivity index (χ0) is 47.6. The predicted molar refractivity (Wildman–Crippen MR) is 296 cm³/mol. The molecule has 69 heavy (non-hydrogen) atoms. The quantitative estimate of drug-likeness (QED) is 0.159. The van der Waals surface area contributed by atoms with Crippen molar-refractivity contribution >= 4 is 68.6 Å². The fraction of sp³-hybridized carbons (Fsp3) is 0.262. The van der Waals surface area contributed by atoms with Gasteiger partial charge in [0, 0.05) is 56.7 Å². The van der Waals surface area contributed by atoms with Crippen molar-refractivity contribution in [2.45, 2.75) is 110 Å². The van der Waals surface area contributed by atoms with E-state index in [1.165, 1.54) is 131 Å². The number of rotatable bonds is 5. The normalized spacial score (nSPS) is 18.1. The van der Waals surface area contributed by atoms with E-state index in [-0.39, 0.29) is 23.1 Å². The second kappa shape index (κ2) is 15.9. The molecule has 0 N–H and O–H groups in total. The molecule has 12 rings (SSSR count). The maximum absolute atomic E-state index is 2.78. The van der Waals surface area contributed by atoms with Crippen LogP contribution in [0.1, 0.15) is 108 Å². The molecule has 1 aliphatic carbocycles. The number of hydrogen-bond acceptors (Lipinski definition) is 3. The molecule has 3 heterocycles. The largest absolute Gasteiger partial charge is 0.335 e. The molecular weight excluding hydrogens is 834 g/mol. The van der Waals surface area contributed by atoms with E-state index in [1.54, 1.807) is 0 Å². The Morgan fingerprint density at radius 3 is 1.41 bits per heavy atom. The van der Waals surface area contributed by atoms with Gasteiger partial charge in [0.1, 0.15) is 0 Å². The molecule has 342 valence electrons. The molecule has 3 nitrogen and oxygen atoms in total. The minimum Gasteiger partial charge on any atom is -0.335 e. The number of para-hydroxylation sites is 3. The molecule has 0 saturated heterocycles. The SMILES string of the molecule is Cc1ccccc1-c1ccccc1N1c2ccc(C(C)(C)C)cc2B2c3cc(C(C)(C)C)ccc3N(c3ccccc3-c3ccccc3C)c3cc(N4c5ccccc5C5CCCCC54C)cc1c32. The van der Waals surface area contributed by atoms with Gasteiger partial charge in [0.25, 0.3) is 6.71 Å². The minimum absolute atomic E-state index is 0.0220. The van der Waals surface area contributed by atoms with Crippen molar-refractivity contribution in [3.05, 3.63) is 198 Å². The van der Waals surface area contributed by atoms with Crippen molar-refractivity contribution in [3.8, 4) is 22.3 Å². The number of anilines is 8. The lowest BCUT2D eigenvalue weighted by molar-refractivity contribution is 0.291. The van der Waals surface area contributed by atoms with Crippen molar-refractivity contribution in [2.75, 3.05) is 14.7 Å². The third-order valence-electron chi connectivity index (χ3n) is 16.4. The molecule has 1 fully saturated rings. The summed E-state index contributed by atoms with van der Waals surface area (Å²) in [7, 11) is 0. The van der Waals surface area contributed by atoms with Crippen LogP contribution in [0, 0.1) is 13.8 Å². The van der Waals surface area contributed by atoms with Crippen LogP contribution in [0.25, 0.3) is 22.3 Å². The van der Waals surface area contributed by atoms with Gasteiger partial charge in [-0.1, -0.05) is 182 Å². The molecule has 8 aromatic carbocycles. The zero-order valence-corrected chi connectivity index (χ0v) is 42.0. The van der Waals surface area contributed by atoms with Crippen LogP contribution in [0.5, 0.6) is 0 Å². The molecule has 4 heteroatoms. The van der Waals surface area contributed by atoms with E-state index in [0.717, 1.165) is 6.42 Å². The van der Waals surface area contributed by atoms with Gasteiger partial charge >= 0.3 is 0 Å². The topological polar surface area (TPSA) is 9.72 Å². The van der Waals surface area contributed by atoms with E-state index in [1.807, 2.05) is 0 Å². The summed E-state index contributed by atoms with van der Waals surface area (Å²) in [5.41, 5.74) is 25.6. The lowest BCUT2D eigenvalue weighted by Crippen LogP contribution is -2.62. The summed E-state index contributed by atoms with van der Waals surface area (Å²) in [6.07, 6.45) is 4.87. The summed E-state index contributed by atoms with van der Waals surface area (Å²) in [6.45, 7) is 21.2. The smallest absolute Gasteiger partial charge is 0.252 e. The molecule has 2 atom stereocenters. The first-order chi connectivity index (χ1) is 33.2. The first-order valence-electron chi connectivity index (χ1n) is 25.5. The van der Waals surface area contributed by atoms with Gasteiger partial charge in [-0.25, -0.2) is 0 Å². The highest BCUT2D eigenvalue weighted by atomic mass is 15.3. The molecule has 0 bridgehead atoms. The van der Waals surface area contributed by atoms with Gasteiger partial charge in [-0.15, -0.1) is 0 Å². The molecule has 0 spiro atoms. The second-order valence-corrected chi connectivity index (χ2v) is 22.8. The van der Waals surface area contributed by atoms with Gasteiger partial charge in [0.05, 0.1) is 11.4 Å². The Balaban J connectivity index is 1.25. The molecule has 1 saturated carbocycles. The van der Waals surface area contributed by atoms with Crippen LogP contribution >= 0.6 is 0 Å². The molecule has 3 aliphatic heterocycles. The van der Waals surface area contributed by atoms with E-state index in [2.05, 4.69) is 247 Å².